The number of hydrogen-bond donors (Lipinski definition) is 0. The molecular weight excluding hydrogens is 360 g/mol. The first-order chi connectivity index (χ1) is 6.61. The van der Waals surface area contributed by atoms with E-state index in [9.17, 15) is 4.39 Å². The zero-order valence-corrected chi connectivity index (χ0v) is 11.1. The Bertz CT molecular complexity index is 513. The van der Waals surface area contributed by atoms with Crippen LogP contribution in [0.4, 0.5) is 4.39 Å². The summed E-state index contributed by atoms with van der Waals surface area (Å²) < 4.78 is 15.4. The zero-order valence-electron chi connectivity index (χ0n) is 7.31. The first-order valence-electron chi connectivity index (χ1n) is 3.99. The molecule has 0 radical (unpaired) electrons. The van der Waals surface area contributed by atoms with E-state index in [1.807, 2.05) is 6.92 Å². The number of rotatable bonds is 0. The lowest BCUT2D eigenvalue weighted by Crippen LogP contribution is -1.89. The van der Waals surface area contributed by atoms with Crippen molar-refractivity contribution in [1.82, 2.24) is 4.98 Å². The second-order valence-electron chi connectivity index (χ2n) is 3.03. The smallest absolute Gasteiger partial charge is 0.132 e. The molecule has 1 aromatic carbocycles. The predicted molar refractivity (Wildman–Crippen MR) is 66.9 cm³/mol. The maximum absolute atomic E-state index is 13.5. The molecule has 1 aromatic heterocycles. The van der Waals surface area contributed by atoms with E-state index in [0.29, 0.717) is 5.39 Å². The number of aromatic nitrogens is 1. The molecule has 0 spiro atoms. The lowest BCUT2D eigenvalue weighted by molar-refractivity contribution is 0.638. The Morgan fingerprint density at radius 1 is 1.43 bits per heavy atom. The Morgan fingerprint density at radius 2 is 2.14 bits per heavy atom. The third-order valence-electron chi connectivity index (χ3n) is 2.07. The van der Waals surface area contributed by atoms with Gasteiger partial charge in [-0.25, -0.2) is 4.39 Å². The molecule has 0 fully saturated rings. The van der Waals surface area contributed by atoms with Gasteiger partial charge >= 0.3 is 0 Å². The van der Waals surface area contributed by atoms with E-state index in [1.165, 1.54) is 6.07 Å². The molecule has 1 nitrogen and oxygen atoms in total. The Kier molecular flexibility index (Phi) is 2.74. The van der Waals surface area contributed by atoms with E-state index in [4.69, 9.17) is 0 Å². The first-order valence-corrected chi connectivity index (χ1v) is 5.86. The summed E-state index contributed by atoms with van der Waals surface area (Å²) in [7, 11) is 0. The fourth-order valence-electron chi connectivity index (χ4n) is 1.37. The lowest BCUT2D eigenvalue weighted by Gasteiger charge is -2.06. The van der Waals surface area contributed by atoms with Gasteiger partial charge in [0, 0.05) is 31.2 Å². The number of aryl methyl sites for hydroxylation is 1. The molecule has 14 heavy (non-hydrogen) atoms. The maximum Gasteiger partial charge on any atom is 0.132 e. The summed E-state index contributed by atoms with van der Waals surface area (Å²) in [5.41, 5.74) is 0.902. The van der Waals surface area contributed by atoms with Crippen LogP contribution >= 0.6 is 38.5 Å². The van der Waals surface area contributed by atoms with Crippen LogP contribution < -0.4 is 0 Å². The summed E-state index contributed by atoms with van der Waals surface area (Å²) >= 11 is 5.62. The quantitative estimate of drug-likeness (QED) is 0.642. The molecule has 0 unspecified atom stereocenters. The minimum atomic E-state index is -0.216. The van der Waals surface area contributed by atoms with Gasteiger partial charge in [0.1, 0.15) is 5.82 Å². The van der Waals surface area contributed by atoms with Crippen molar-refractivity contribution in [3.63, 3.8) is 0 Å². The van der Waals surface area contributed by atoms with Crippen molar-refractivity contribution in [2.75, 3.05) is 0 Å². The second-order valence-corrected chi connectivity index (χ2v) is 4.99. The van der Waals surface area contributed by atoms with Gasteiger partial charge in [0.15, 0.2) is 0 Å². The normalized spacial score (nSPS) is 10.9. The molecule has 0 saturated carbocycles. The molecule has 0 aliphatic carbocycles. The van der Waals surface area contributed by atoms with Gasteiger partial charge in [0.05, 0.1) is 0 Å². The standard InChI is InChI=1S/C10H6BrFIN/c1-5-2-7(12)6-3-14-4-8(13)9(6)10(5)11/h2-4H,1H3. The molecule has 72 valence electrons. The topological polar surface area (TPSA) is 12.9 Å². The third kappa shape index (κ3) is 1.54. The van der Waals surface area contributed by atoms with E-state index in [0.717, 1.165) is 19.0 Å². The highest BCUT2D eigenvalue weighted by Gasteiger charge is 2.10. The van der Waals surface area contributed by atoms with Crippen LogP contribution in [0.2, 0.25) is 0 Å². The van der Waals surface area contributed by atoms with Crippen LogP contribution in [0.15, 0.2) is 22.9 Å². The summed E-state index contributed by atoms with van der Waals surface area (Å²) in [6, 6.07) is 1.52. The number of halogens is 3. The molecule has 0 atom stereocenters. The molecular formula is C10H6BrFIN. The maximum atomic E-state index is 13.5. The average Bonchev–Trinajstić information content (AvgIpc) is 2.14. The van der Waals surface area contributed by atoms with Crippen LogP contribution in [0.25, 0.3) is 10.8 Å². The first kappa shape index (κ1) is 10.3. The summed E-state index contributed by atoms with van der Waals surface area (Å²) in [4.78, 5) is 3.98. The van der Waals surface area contributed by atoms with E-state index < -0.39 is 0 Å². The van der Waals surface area contributed by atoms with Gasteiger partial charge < -0.3 is 0 Å². The molecule has 2 aromatic rings. The van der Waals surface area contributed by atoms with Gasteiger partial charge in [-0.15, -0.1) is 0 Å². The highest BCUT2D eigenvalue weighted by Crippen LogP contribution is 2.32. The Balaban J connectivity index is 3.03. The van der Waals surface area contributed by atoms with Gasteiger partial charge in [-0.05, 0) is 57.1 Å². The van der Waals surface area contributed by atoms with Crippen molar-refractivity contribution in [2.24, 2.45) is 0 Å². The third-order valence-corrected chi connectivity index (χ3v) is 3.91. The Morgan fingerprint density at radius 3 is 2.86 bits per heavy atom. The van der Waals surface area contributed by atoms with Gasteiger partial charge in [-0.1, -0.05) is 0 Å². The number of hydrogen-bond acceptors (Lipinski definition) is 1. The number of fused-ring (bicyclic) bond motifs is 1. The molecule has 0 saturated heterocycles. The van der Waals surface area contributed by atoms with Gasteiger partial charge in [0.25, 0.3) is 0 Å². The summed E-state index contributed by atoms with van der Waals surface area (Å²) in [5, 5.41) is 1.47. The Hall–Kier alpha value is -0.230. The van der Waals surface area contributed by atoms with Crippen LogP contribution in [0, 0.1) is 16.3 Å². The highest BCUT2D eigenvalue weighted by molar-refractivity contribution is 14.1. The largest absolute Gasteiger partial charge is 0.263 e. The predicted octanol–water partition coefficient (Wildman–Crippen LogP) is 4.05. The molecule has 1 heterocycles. The molecule has 0 bridgehead atoms. The van der Waals surface area contributed by atoms with Gasteiger partial charge in [-0.2, -0.15) is 0 Å². The minimum absolute atomic E-state index is 0.216. The van der Waals surface area contributed by atoms with Gasteiger partial charge in [-0.3, -0.25) is 4.98 Å². The fourth-order valence-corrected chi connectivity index (χ4v) is 3.00. The lowest BCUT2D eigenvalue weighted by atomic mass is 10.1. The van der Waals surface area contributed by atoms with Crippen molar-refractivity contribution in [2.45, 2.75) is 6.92 Å². The summed E-state index contributed by atoms with van der Waals surface area (Å²) in [5.74, 6) is -0.216. The average molecular weight is 366 g/mol. The van der Waals surface area contributed by atoms with Crippen LogP contribution in [-0.4, -0.2) is 4.98 Å². The van der Waals surface area contributed by atoms with Gasteiger partial charge in [0.2, 0.25) is 0 Å². The number of nitrogens with zero attached hydrogens (tertiary/aromatic N) is 1. The molecule has 0 N–H and O–H groups in total. The summed E-state index contributed by atoms with van der Waals surface area (Å²) in [6.07, 6.45) is 3.28. The van der Waals surface area contributed by atoms with E-state index in [2.05, 4.69) is 43.5 Å². The Labute approximate surface area is 103 Å². The zero-order chi connectivity index (χ0) is 10.3. The summed E-state index contributed by atoms with van der Waals surface area (Å²) in [6.45, 7) is 1.88. The fraction of sp³-hybridized carbons (Fsp3) is 0.100. The molecule has 2 rings (SSSR count). The van der Waals surface area contributed by atoms with Crippen LogP contribution in [0.1, 0.15) is 5.56 Å². The van der Waals surface area contributed by atoms with E-state index >= 15 is 0 Å². The second kappa shape index (κ2) is 3.73. The molecule has 0 amide bonds. The monoisotopic (exact) mass is 365 g/mol. The van der Waals surface area contributed by atoms with Crippen molar-refractivity contribution >= 4 is 49.3 Å². The van der Waals surface area contributed by atoms with E-state index in [-0.39, 0.29) is 5.82 Å². The molecule has 4 heteroatoms. The van der Waals surface area contributed by atoms with Crippen LogP contribution in [0.5, 0.6) is 0 Å². The molecule has 0 aliphatic rings. The number of benzene rings is 1. The van der Waals surface area contributed by atoms with Crippen molar-refractivity contribution in [3.8, 4) is 0 Å². The highest BCUT2D eigenvalue weighted by atomic mass is 127. The minimum Gasteiger partial charge on any atom is -0.263 e. The number of pyridine rings is 1. The van der Waals surface area contributed by atoms with Crippen molar-refractivity contribution in [3.05, 3.63) is 37.9 Å². The van der Waals surface area contributed by atoms with Crippen molar-refractivity contribution in [1.29, 1.82) is 0 Å². The van der Waals surface area contributed by atoms with Crippen LogP contribution in [0.3, 0.4) is 0 Å². The van der Waals surface area contributed by atoms with Crippen molar-refractivity contribution < 1.29 is 4.39 Å². The molecule has 0 aliphatic heterocycles. The SMILES string of the molecule is Cc1cc(F)c2cncc(I)c2c1Br. The van der Waals surface area contributed by atoms with E-state index in [1.54, 1.807) is 12.4 Å². The van der Waals surface area contributed by atoms with Crippen LogP contribution in [-0.2, 0) is 0 Å².